The van der Waals surface area contributed by atoms with Gasteiger partial charge in [0.25, 0.3) is 0 Å². The Balaban J connectivity index is 1.68. The van der Waals surface area contributed by atoms with Crippen molar-refractivity contribution in [3.8, 4) is 0 Å². The SMILES string of the molecule is COC(=O)c1ccc2nc(CC3CCN(C(C)C)CC3)cn2c1. The second-order valence-electron chi connectivity index (χ2n) is 6.68. The fourth-order valence-electron chi connectivity index (χ4n) is 3.35. The first-order valence-corrected chi connectivity index (χ1v) is 8.37. The molecular weight excluding hydrogens is 290 g/mol. The van der Waals surface area contributed by atoms with Crippen molar-refractivity contribution in [2.45, 2.75) is 39.2 Å². The molecule has 0 aliphatic carbocycles. The summed E-state index contributed by atoms with van der Waals surface area (Å²) in [6.45, 7) is 6.90. The number of hydrogen-bond acceptors (Lipinski definition) is 4. The summed E-state index contributed by atoms with van der Waals surface area (Å²) in [5.74, 6) is 0.387. The van der Waals surface area contributed by atoms with Crippen LogP contribution in [0.25, 0.3) is 5.65 Å². The Hall–Kier alpha value is -1.88. The Morgan fingerprint density at radius 1 is 1.30 bits per heavy atom. The number of ether oxygens (including phenoxy) is 1. The molecule has 0 radical (unpaired) electrons. The van der Waals surface area contributed by atoms with E-state index in [1.807, 2.05) is 16.7 Å². The molecule has 3 rings (SSSR count). The smallest absolute Gasteiger partial charge is 0.339 e. The van der Waals surface area contributed by atoms with E-state index in [0.717, 1.165) is 17.8 Å². The monoisotopic (exact) mass is 315 g/mol. The number of hydrogen-bond donors (Lipinski definition) is 0. The van der Waals surface area contributed by atoms with Crippen molar-refractivity contribution >= 4 is 11.6 Å². The van der Waals surface area contributed by atoms with Gasteiger partial charge in [0.05, 0.1) is 18.4 Å². The van der Waals surface area contributed by atoms with Crippen molar-refractivity contribution in [2.75, 3.05) is 20.2 Å². The molecule has 0 spiro atoms. The maximum Gasteiger partial charge on any atom is 0.339 e. The predicted octanol–water partition coefficient (Wildman–Crippen LogP) is 2.78. The zero-order valence-electron chi connectivity index (χ0n) is 14.2. The van der Waals surface area contributed by atoms with Crippen LogP contribution >= 0.6 is 0 Å². The first-order chi connectivity index (χ1) is 11.1. The van der Waals surface area contributed by atoms with E-state index in [1.165, 1.54) is 33.0 Å². The molecule has 0 amide bonds. The third-order valence-corrected chi connectivity index (χ3v) is 4.80. The fourth-order valence-corrected chi connectivity index (χ4v) is 3.35. The van der Waals surface area contributed by atoms with Crippen molar-refractivity contribution in [3.05, 3.63) is 35.8 Å². The number of rotatable bonds is 4. The van der Waals surface area contributed by atoms with Gasteiger partial charge in [0.1, 0.15) is 5.65 Å². The van der Waals surface area contributed by atoms with Gasteiger partial charge < -0.3 is 14.0 Å². The van der Waals surface area contributed by atoms with Crippen LogP contribution in [-0.4, -0.2) is 46.5 Å². The molecule has 23 heavy (non-hydrogen) atoms. The number of piperidine rings is 1. The highest BCUT2D eigenvalue weighted by Crippen LogP contribution is 2.23. The molecule has 0 bridgehead atoms. The Bertz CT molecular complexity index is 685. The van der Waals surface area contributed by atoms with Crippen LogP contribution in [0.2, 0.25) is 0 Å². The molecule has 1 aliphatic rings. The number of likely N-dealkylation sites (tertiary alicyclic amines) is 1. The van der Waals surface area contributed by atoms with Gasteiger partial charge in [-0.15, -0.1) is 0 Å². The molecule has 1 saturated heterocycles. The number of imidazole rings is 1. The van der Waals surface area contributed by atoms with Gasteiger partial charge in [-0.3, -0.25) is 0 Å². The van der Waals surface area contributed by atoms with Crippen LogP contribution in [-0.2, 0) is 11.2 Å². The molecular formula is C18H25N3O2. The van der Waals surface area contributed by atoms with Gasteiger partial charge in [0.15, 0.2) is 0 Å². The number of esters is 1. The van der Waals surface area contributed by atoms with Crippen molar-refractivity contribution in [1.29, 1.82) is 0 Å². The summed E-state index contributed by atoms with van der Waals surface area (Å²) >= 11 is 0. The summed E-state index contributed by atoms with van der Waals surface area (Å²) in [4.78, 5) is 18.8. The maximum absolute atomic E-state index is 11.6. The van der Waals surface area contributed by atoms with Crippen LogP contribution in [0, 0.1) is 5.92 Å². The van der Waals surface area contributed by atoms with Crippen LogP contribution in [0.1, 0.15) is 42.7 Å². The van der Waals surface area contributed by atoms with Crippen molar-refractivity contribution in [1.82, 2.24) is 14.3 Å². The van der Waals surface area contributed by atoms with Crippen LogP contribution < -0.4 is 0 Å². The second kappa shape index (κ2) is 6.71. The van der Waals surface area contributed by atoms with Crippen molar-refractivity contribution in [2.24, 2.45) is 5.92 Å². The largest absolute Gasteiger partial charge is 0.465 e. The number of nitrogens with zero attached hydrogens (tertiary/aromatic N) is 3. The van der Waals surface area contributed by atoms with Crippen LogP contribution in [0.5, 0.6) is 0 Å². The molecule has 0 aromatic carbocycles. The van der Waals surface area contributed by atoms with E-state index >= 15 is 0 Å². The zero-order chi connectivity index (χ0) is 16.4. The van der Waals surface area contributed by atoms with Gasteiger partial charge in [0, 0.05) is 18.4 Å². The number of pyridine rings is 1. The molecule has 2 aromatic rings. The Morgan fingerprint density at radius 3 is 2.70 bits per heavy atom. The zero-order valence-corrected chi connectivity index (χ0v) is 14.2. The number of aromatic nitrogens is 2. The standard InChI is InChI=1S/C18H25N3O2/c1-13(2)20-8-6-14(7-9-20)10-16-12-21-11-15(18(22)23-3)4-5-17(21)19-16/h4-5,11-14H,6-10H2,1-3H3. The molecule has 2 aromatic heterocycles. The quantitative estimate of drug-likeness (QED) is 0.814. The Kier molecular flexibility index (Phi) is 4.66. The molecule has 0 atom stereocenters. The Morgan fingerprint density at radius 2 is 2.04 bits per heavy atom. The van der Waals surface area contributed by atoms with E-state index < -0.39 is 0 Å². The Labute approximate surface area is 137 Å². The average Bonchev–Trinajstić information content (AvgIpc) is 2.95. The molecule has 1 fully saturated rings. The van der Waals surface area contributed by atoms with E-state index in [-0.39, 0.29) is 5.97 Å². The lowest BCUT2D eigenvalue weighted by Gasteiger charge is -2.34. The highest BCUT2D eigenvalue weighted by molar-refractivity contribution is 5.89. The summed E-state index contributed by atoms with van der Waals surface area (Å²) in [6.07, 6.45) is 7.32. The second-order valence-corrected chi connectivity index (χ2v) is 6.68. The summed E-state index contributed by atoms with van der Waals surface area (Å²) < 4.78 is 6.69. The lowest BCUT2D eigenvalue weighted by atomic mass is 9.92. The van der Waals surface area contributed by atoms with Gasteiger partial charge in [-0.2, -0.15) is 0 Å². The minimum Gasteiger partial charge on any atom is -0.465 e. The first kappa shape index (κ1) is 16.0. The molecule has 124 valence electrons. The minimum absolute atomic E-state index is 0.316. The van der Waals surface area contributed by atoms with Gasteiger partial charge >= 0.3 is 5.97 Å². The molecule has 1 aliphatic heterocycles. The normalized spacial score (nSPS) is 17.0. The molecule has 0 unspecified atom stereocenters. The van der Waals surface area contributed by atoms with Crippen molar-refractivity contribution in [3.63, 3.8) is 0 Å². The van der Waals surface area contributed by atoms with Crippen LogP contribution in [0.3, 0.4) is 0 Å². The number of fused-ring (bicyclic) bond motifs is 1. The van der Waals surface area contributed by atoms with E-state index in [1.54, 1.807) is 12.3 Å². The van der Waals surface area contributed by atoms with E-state index in [2.05, 4.69) is 23.7 Å². The van der Waals surface area contributed by atoms with Gasteiger partial charge in [-0.05, 0) is 64.3 Å². The van der Waals surface area contributed by atoms with Crippen molar-refractivity contribution < 1.29 is 9.53 Å². The third-order valence-electron chi connectivity index (χ3n) is 4.80. The summed E-state index contributed by atoms with van der Waals surface area (Å²) in [5, 5.41) is 0. The van der Waals surface area contributed by atoms with E-state index in [0.29, 0.717) is 17.5 Å². The van der Waals surface area contributed by atoms with E-state index in [4.69, 9.17) is 4.74 Å². The maximum atomic E-state index is 11.6. The predicted molar refractivity (Wildman–Crippen MR) is 89.7 cm³/mol. The summed E-state index contributed by atoms with van der Waals surface area (Å²) in [6, 6.07) is 4.28. The average molecular weight is 315 g/mol. The molecule has 0 N–H and O–H groups in total. The minimum atomic E-state index is -0.316. The molecule has 3 heterocycles. The molecule has 5 heteroatoms. The van der Waals surface area contributed by atoms with Gasteiger partial charge in [-0.1, -0.05) is 0 Å². The van der Waals surface area contributed by atoms with E-state index in [9.17, 15) is 4.79 Å². The number of carbonyl (C=O) groups excluding carboxylic acids is 1. The summed E-state index contributed by atoms with van der Waals surface area (Å²) in [5.41, 5.74) is 2.54. The lowest BCUT2D eigenvalue weighted by Crippen LogP contribution is -2.38. The summed E-state index contributed by atoms with van der Waals surface area (Å²) in [7, 11) is 1.40. The first-order valence-electron chi connectivity index (χ1n) is 8.37. The highest BCUT2D eigenvalue weighted by Gasteiger charge is 2.21. The molecule has 0 saturated carbocycles. The van der Waals surface area contributed by atoms with Crippen LogP contribution in [0.15, 0.2) is 24.5 Å². The number of carbonyl (C=O) groups is 1. The van der Waals surface area contributed by atoms with Crippen LogP contribution in [0.4, 0.5) is 0 Å². The fraction of sp³-hybridized carbons (Fsp3) is 0.556. The van der Waals surface area contributed by atoms with Gasteiger partial charge in [0.2, 0.25) is 0 Å². The highest BCUT2D eigenvalue weighted by atomic mass is 16.5. The molecule has 5 nitrogen and oxygen atoms in total. The topological polar surface area (TPSA) is 46.8 Å². The van der Waals surface area contributed by atoms with Gasteiger partial charge in [-0.25, -0.2) is 9.78 Å². The third kappa shape index (κ3) is 3.55. The lowest BCUT2D eigenvalue weighted by molar-refractivity contribution is 0.0600. The number of methoxy groups -OCH3 is 1.